The Labute approximate surface area is 183 Å². The number of hydrogen-bond donors (Lipinski definition) is 2. The van der Waals surface area contributed by atoms with Crippen molar-refractivity contribution in [1.82, 2.24) is 14.9 Å². The number of aromatic nitrogens is 3. The van der Waals surface area contributed by atoms with Gasteiger partial charge < -0.3 is 10.2 Å². The number of benzene rings is 3. The standard InChI is InChI=1S/C21H18Cl2N4OS/c1-13-25-26-21(29)27(13)24-11-16-15-6-3-2-5-14(15)9-10-20(16)28-12-17-18(22)7-4-8-19(17)23/h2-10,24H,11-12H2,1H3,(H,26,29). The molecule has 0 unspecified atom stereocenters. The Morgan fingerprint density at radius 2 is 1.79 bits per heavy atom. The second-order valence-corrected chi connectivity index (χ2v) is 7.70. The van der Waals surface area contributed by atoms with Gasteiger partial charge in [0, 0.05) is 21.2 Å². The van der Waals surface area contributed by atoms with Gasteiger partial charge in [-0.2, -0.15) is 5.10 Å². The van der Waals surface area contributed by atoms with Crippen molar-refractivity contribution in [3.05, 3.63) is 86.4 Å². The summed E-state index contributed by atoms with van der Waals surface area (Å²) in [5, 5.41) is 10.3. The van der Waals surface area contributed by atoms with E-state index < -0.39 is 0 Å². The summed E-state index contributed by atoms with van der Waals surface area (Å²) < 4.78 is 8.41. The molecule has 0 saturated carbocycles. The fourth-order valence-electron chi connectivity index (χ4n) is 3.17. The van der Waals surface area contributed by atoms with E-state index in [1.165, 1.54) is 0 Å². The van der Waals surface area contributed by atoms with Gasteiger partial charge in [0.15, 0.2) is 0 Å². The van der Waals surface area contributed by atoms with Gasteiger partial charge in [0.05, 0.1) is 6.54 Å². The van der Waals surface area contributed by atoms with E-state index in [-0.39, 0.29) is 6.61 Å². The maximum absolute atomic E-state index is 6.29. The van der Waals surface area contributed by atoms with Crippen LogP contribution in [0, 0.1) is 11.7 Å². The number of nitrogens with one attached hydrogen (secondary N) is 2. The van der Waals surface area contributed by atoms with Crippen molar-refractivity contribution in [3.63, 3.8) is 0 Å². The Kier molecular flexibility index (Phi) is 5.76. The molecular weight excluding hydrogens is 427 g/mol. The van der Waals surface area contributed by atoms with E-state index in [1.54, 1.807) is 16.8 Å². The molecule has 8 heteroatoms. The number of nitrogens with zero attached hydrogens (tertiary/aromatic N) is 2. The first-order chi connectivity index (χ1) is 14.0. The van der Waals surface area contributed by atoms with Crippen molar-refractivity contribution in [2.45, 2.75) is 20.1 Å². The van der Waals surface area contributed by atoms with Gasteiger partial charge in [-0.3, -0.25) is 5.10 Å². The SMILES string of the molecule is Cc1n[nH]c(=S)n1NCc1c(OCc2c(Cl)cccc2Cl)ccc2ccccc12. The van der Waals surface area contributed by atoms with Gasteiger partial charge >= 0.3 is 0 Å². The predicted molar refractivity (Wildman–Crippen MR) is 120 cm³/mol. The smallest absolute Gasteiger partial charge is 0.214 e. The summed E-state index contributed by atoms with van der Waals surface area (Å²) in [4.78, 5) is 0. The van der Waals surface area contributed by atoms with E-state index in [9.17, 15) is 0 Å². The van der Waals surface area contributed by atoms with E-state index in [0.717, 1.165) is 33.5 Å². The van der Waals surface area contributed by atoms with Crippen LogP contribution in [0.4, 0.5) is 0 Å². The largest absolute Gasteiger partial charge is 0.488 e. The maximum atomic E-state index is 6.29. The molecule has 4 rings (SSSR count). The van der Waals surface area contributed by atoms with Crippen LogP contribution in [-0.4, -0.2) is 14.9 Å². The number of hydrogen-bond acceptors (Lipinski definition) is 4. The molecule has 4 aromatic rings. The van der Waals surface area contributed by atoms with Crippen LogP contribution in [0.15, 0.2) is 54.6 Å². The lowest BCUT2D eigenvalue weighted by atomic mass is 10.0. The number of aryl methyl sites for hydroxylation is 1. The molecule has 0 amide bonds. The Bertz CT molecular complexity index is 1210. The van der Waals surface area contributed by atoms with Gasteiger partial charge in [-0.15, -0.1) is 0 Å². The summed E-state index contributed by atoms with van der Waals surface area (Å²) in [7, 11) is 0. The zero-order chi connectivity index (χ0) is 20.4. The molecule has 0 aliphatic rings. The second-order valence-electron chi connectivity index (χ2n) is 6.50. The van der Waals surface area contributed by atoms with Gasteiger partial charge in [-0.25, -0.2) is 4.68 Å². The lowest BCUT2D eigenvalue weighted by molar-refractivity contribution is 0.304. The first kappa shape index (κ1) is 19.8. The Hall–Kier alpha value is -2.54. The molecular formula is C21H18Cl2N4OS. The van der Waals surface area contributed by atoms with Crippen molar-refractivity contribution in [2.24, 2.45) is 0 Å². The molecule has 5 nitrogen and oxygen atoms in total. The van der Waals surface area contributed by atoms with Gasteiger partial charge in [0.2, 0.25) is 4.77 Å². The second kappa shape index (κ2) is 8.45. The normalized spacial score (nSPS) is 11.0. The third-order valence-corrected chi connectivity index (χ3v) is 5.67. The van der Waals surface area contributed by atoms with Crippen molar-refractivity contribution in [2.75, 3.05) is 5.43 Å². The molecule has 0 atom stereocenters. The lowest BCUT2D eigenvalue weighted by Crippen LogP contribution is -2.17. The molecule has 0 aliphatic carbocycles. The highest BCUT2D eigenvalue weighted by Crippen LogP contribution is 2.31. The highest BCUT2D eigenvalue weighted by atomic mass is 35.5. The molecule has 0 aliphatic heterocycles. The van der Waals surface area contributed by atoms with Gasteiger partial charge in [-0.05, 0) is 48.1 Å². The molecule has 0 radical (unpaired) electrons. The molecule has 2 N–H and O–H groups in total. The van der Waals surface area contributed by atoms with E-state index >= 15 is 0 Å². The minimum Gasteiger partial charge on any atom is -0.488 e. The number of halogens is 2. The fraction of sp³-hybridized carbons (Fsp3) is 0.143. The number of fused-ring (bicyclic) bond motifs is 1. The average Bonchev–Trinajstić information content (AvgIpc) is 3.04. The Morgan fingerprint density at radius 3 is 2.52 bits per heavy atom. The summed E-state index contributed by atoms with van der Waals surface area (Å²) >= 11 is 17.9. The predicted octanol–water partition coefficient (Wildman–Crippen LogP) is 6.03. The quantitative estimate of drug-likeness (QED) is 0.356. The summed E-state index contributed by atoms with van der Waals surface area (Å²) in [6, 6.07) is 17.6. The average molecular weight is 445 g/mol. The van der Waals surface area contributed by atoms with Crippen LogP contribution in [0.3, 0.4) is 0 Å². The molecule has 0 saturated heterocycles. The van der Waals surface area contributed by atoms with E-state index in [2.05, 4.69) is 27.8 Å². The number of aromatic amines is 1. The first-order valence-electron chi connectivity index (χ1n) is 8.99. The van der Waals surface area contributed by atoms with Crippen molar-refractivity contribution < 1.29 is 4.74 Å². The summed E-state index contributed by atoms with van der Waals surface area (Å²) in [5.41, 5.74) is 5.09. The van der Waals surface area contributed by atoms with Crippen LogP contribution in [0.25, 0.3) is 10.8 Å². The molecule has 29 heavy (non-hydrogen) atoms. The monoisotopic (exact) mass is 444 g/mol. The zero-order valence-electron chi connectivity index (χ0n) is 15.6. The highest BCUT2D eigenvalue weighted by Gasteiger charge is 2.12. The molecule has 3 aromatic carbocycles. The van der Waals surface area contributed by atoms with Crippen LogP contribution < -0.4 is 10.2 Å². The minimum absolute atomic E-state index is 0.272. The van der Waals surface area contributed by atoms with Crippen LogP contribution in [-0.2, 0) is 13.2 Å². The van der Waals surface area contributed by atoms with Crippen LogP contribution in [0.5, 0.6) is 5.75 Å². The van der Waals surface area contributed by atoms with E-state index in [1.807, 2.05) is 37.3 Å². The highest BCUT2D eigenvalue weighted by molar-refractivity contribution is 7.71. The Balaban J connectivity index is 1.68. The van der Waals surface area contributed by atoms with Gasteiger partial charge in [0.1, 0.15) is 18.2 Å². The number of H-pyrrole nitrogens is 1. The first-order valence-corrected chi connectivity index (χ1v) is 10.1. The maximum Gasteiger partial charge on any atom is 0.214 e. The molecule has 0 fully saturated rings. The van der Waals surface area contributed by atoms with E-state index in [0.29, 0.717) is 21.4 Å². The van der Waals surface area contributed by atoms with Crippen LogP contribution >= 0.6 is 35.4 Å². The third kappa shape index (κ3) is 4.10. The van der Waals surface area contributed by atoms with E-state index in [4.69, 9.17) is 40.2 Å². The number of ether oxygens (including phenoxy) is 1. The summed E-state index contributed by atoms with van der Waals surface area (Å²) in [6.07, 6.45) is 0. The van der Waals surface area contributed by atoms with Crippen LogP contribution in [0.1, 0.15) is 17.0 Å². The van der Waals surface area contributed by atoms with Crippen molar-refractivity contribution in [3.8, 4) is 5.75 Å². The summed E-state index contributed by atoms with van der Waals surface area (Å²) in [6.45, 7) is 2.65. The van der Waals surface area contributed by atoms with Crippen LogP contribution in [0.2, 0.25) is 10.0 Å². The van der Waals surface area contributed by atoms with Gasteiger partial charge in [0.25, 0.3) is 0 Å². The molecule has 0 bridgehead atoms. The van der Waals surface area contributed by atoms with Crippen molar-refractivity contribution in [1.29, 1.82) is 0 Å². The molecule has 148 valence electrons. The summed E-state index contributed by atoms with van der Waals surface area (Å²) in [5.74, 6) is 1.50. The minimum atomic E-state index is 0.272. The third-order valence-electron chi connectivity index (χ3n) is 4.69. The zero-order valence-corrected chi connectivity index (χ0v) is 17.9. The fourth-order valence-corrected chi connectivity index (χ4v) is 3.92. The lowest BCUT2D eigenvalue weighted by Gasteiger charge is -2.17. The topological polar surface area (TPSA) is 54.9 Å². The molecule has 1 aromatic heterocycles. The van der Waals surface area contributed by atoms with Crippen molar-refractivity contribution >= 4 is 46.2 Å². The van der Waals surface area contributed by atoms with Gasteiger partial charge in [-0.1, -0.05) is 59.6 Å². The number of rotatable bonds is 6. The molecule has 1 heterocycles. The Morgan fingerprint density at radius 1 is 1.03 bits per heavy atom. The molecule has 0 spiro atoms.